The zero-order chi connectivity index (χ0) is 13.1. The van der Waals surface area contributed by atoms with Crippen molar-refractivity contribution in [2.45, 2.75) is 6.54 Å². The number of benzene rings is 1. The van der Waals surface area contributed by atoms with Crippen molar-refractivity contribution in [3.63, 3.8) is 0 Å². The lowest BCUT2D eigenvalue weighted by molar-refractivity contribution is 0.217. The lowest BCUT2D eigenvalue weighted by Crippen LogP contribution is -2.36. The van der Waals surface area contributed by atoms with Gasteiger partial charge in [-0.25, -0.2) is 9.78 Å². The van der Waals surface area contributed by atoms with E-state index in [2.05, 4.69) is 10.3 Å². The third-order valence-electron chi connectivity index (χ3n) is 2.70. The van der Waals surface area contributed by atoms with E-state index in [1.54, 1.807) is 14.1 Å². The highest BCUT2D eigenvalue weighted by Crippen LogP contribution is 2.16. The van der Waals surface area contributed by atoms with Crippen LogP contribution in [0.5, 0.6) is 0 Å². The number of nitrogens with zero attached hydrogens (tertiary/aromatic N) is 3. The van der Waals surface area contributed by atoms with E-state index in [-0.39, 0.29) is 6.03 Å². The first-order valence-electron chi connectivity index (χ1n) is 5.75. The lowest BCUT2D eigenvalue weighted by atomic mass is 10.3. The summed E-state index contributed by atoms with van der Waals surface area (Å²) in [5.41, 5.74) is 7.71. The number of carbonyl (C=O) groups excluding carboxylic acids is 1. The molecule has 0 aliphatic rings. The van der Waals surface area contributed by atoms with Crippen LogP contribution in [0, 0.1) is 0 Å². The summed E-state index contributed by atoms with van der Waals surface area (Å²) in [4.78, 5) is 17.1. The Bertz CT molecular complexity index is 561. The van der Waals surface area contributed by atoms with Crippen LogP contribution in [0.1, 0.15) is 0 Å². The largest absolute Gasteiger partial charge is 0.369 e. The molecule has 0 radical (unpaired) electrons. The van der Waals surface area contributed by atoms with Crippen LogP contribution < -0.4 is 11.1 Å². The van der Waals surface area contributed by atoms with Gasteiger partial charge in [0.25, 0.3) is 0 Å². The smallest absolute Gasteiger partial charge is 0.316 e. The number of fused-ring (bicyclic) bond motifs is 1. The Hall–Kier alpha value is -2.24. The summed E-state index contributed by atoms with van der Waals surface area (Å²) in [5.74, 6) is 0.468. The first-order chi connectivity index (χ1) is 8.59. The molecule has 0 saturated heterocycles. The minimum absolute atomic E-state index is 0.113. The van der Waals surface area contributed by atoms with Crippen molar-refractivity contribution in [2.24, 2.45) is 0 Å². The number of urea groups is 1. The molecule has 96 valence electrons. The molecule has 0 saturated carbocycles. The Balaban J connectivity index is 2.08. The molecule has 1 aromatic heterocycles. The lowest BCUT2D eigenvalue weighted by Gasteiger charge is -2.12. The van der Waals surface area contributed by atoms with Crippen LogP contribution in [0.4, 0.5) is 10.7 Å². The summed E-state index contributed by atoms with van der Waals surface area (Å²) in [6, 6.07) is 7.64. The highest BCUT2D eigenvalue weighted by Gasteiger charge is 2.07. The number of aromatic nitrogens is 2. The molecule has 0 unspecified atom stereocenters. The molecule has 2 amide bonds. The number of hydrogen-bond donors (Lipinski definition) is 2. The molecule has 1 aromatic carbocycles. The van der Waals surface area contributed by atoms with Crippen LogP contribution in [0.2, 0.25) is 0 Å². The van der Waals surface area contributed by atoms with Crippen molar-refractivity contribution >= 4 is 23.0 Å². The van der Waals surface area contributed by atoms with Crippen molar-refractivity contribution in [2.75, 3.05) is 26.4 Å². The highest BCUT2D eigenvalue weighted by molar-refractivity contribution is 5.78. The number of imidazole rings is 1. The normalized spacial score (nSPS) is 10.6. The van der Waals surface area contributed by atoms with Crippen molar-refractivity contribution in [3.8, 4) is 0 Å². The van der Waals surface area contributed by atoms with Crippen molar-refractivity contribution in [3.05, 3.63) is 24.3 Å². The minimum atomic E-state index is -0.113. The zero-order valence-electron chi connectivity index (χ0n) is 10.6. The fourth-order valence-corrected chi connectivity index (χ4v) is 1.76. The van der Waals surface area contributed by atoms with E-state index < -0.39 is 0 Å². The summed E-state index contributed by atoms with van der Waals surface area (Å²) >= 11 is 0. The van der Waals surface area contributed by atoms with Crippen molar-refractivity contribution in [1.29, 1.82) is 0 Å². The Kier molecular flexibility index (Phi) is 3.36. The molecule has 0 atom stereocenters. The predicted molar refractivity (Wildman–Crippen MR) is 71.2 cm³/mol. The molecule has 0 aliphatic carbocycles. The molecule has 18 heavy (non-hydrogen) atoms. The van der Waals surface area contributed by atoms with Gasteiger partial charge in [-0.3, -0.25) is 0 Å². The van der Waals surface area contributed by atoms with Gasteiger partial charge in [0.15, 0.2) is 0 Å². The van der Waals surface area contributed by atoms with Gasteiger partial charge in [0.05, 0.1) is 11.0 Å². The second kappa shape index (κ2) is 4.95. The van der Waals surface area contributed by atoms with Gasteiger partial charge < -0.3 is 20.5 Å². The first kappa shape index (κ1) is 12.2. The molecule has 0 fully saturated rings. The SMILES string of the molecule is CN(C)C(=O)NCCn1c(N)nc2ccccc21. The Morgan fingerprint density at radius 3 is 2.89 bits per heavy atom. The maximum atomic E-state index is 11.4. The Morgan fingerprint density at radius 2 is 2.17 bits per heavy atom. The maximum Gasteiger partial charge on any atom is 0.316 e. The maximum absolute atomic E-state index is 11.4. The van der Waals surface area contributed by atoms with Crippen LogP contribution in [0.3, 0.4) is 0 Å². The van der Waals surface area contributed by atoms with Gasteiger partial charge in [-0.15, -0.1) is 0 Å². The van der Waals surface area contributed by atoms with E-state index in [9.17, 15) is 4.79 Å². The summed E-state index contributed by atoms with van der Waals surface area (Å²) in [7, 11) is 3.41. The summed E-state index contributed by atoms with van der Waals surface area (Å²) in [6.07, 6.45) is 0. The van der Waals surface area contributed by atoms with E-state index in [1.165, 1.54) is 4.90 Å². The van der Waals surface area contributed by atoms with Gasteiger partial charge in [0.2, 0.25) is 5.95 Å². The average molecular weight is 247 g/mol. The summed E-state index contributed by atoms with van der Waals surface area (Å²) in [5, 5.41) is 2.80. The van der Waals surface area contributed by atoms with Gasteiger partial charge in [0.1, 0.15) is 0 Å². The fourth-order valence-electron chi connectivity index (χ4n) is 1.76. The van der Waals surface area contributed by atoms with E-state index in [4.69, 9.17) is 5.73 Å². The molecule has 0 bridgehead atoms. The molecule has 6 heteroatoms. The summed E-state index contributed by atoms with van der Waals surface area (Å²) in [6.45, 7) is 1.12. The number of carbonyl (C=O) groups is 1. The first-order valence-corrected chi connectivity index (χ1v) is 5.75. The van der Waals surface area contributed by atoms with Gasteiger partial charge in [-0.05, 0) is 12.1 Å². The number of anilines is 1. The van der Waals surface area contributed by atoms with Gasteiger partial charge in [-0.2, -0.15) is 0 Å². The molecule has 0 aliphatic heterocycles. The van der Waals surface area contributed by atoms with E-state index >= 15 is 0 Å². The number of nitrogens with one attached hydrogen (secondary N) is 1. The van der Waals surface area contributed by atoms with Crippen LogP contribution in [-0.2, 0) is 6.54 Å². The molecule has 2 rings (SSSR count). The Morgan fingerprint density at radius 1 is 1.44 bits per heavy atom. The monoisotopic (exact) mass is 247 g/mol. The van der Waals surface area contributed by atoms with Crippen LogP contribution in [0.25, 0.3) is 11.0 Å². The minimum Gasteiger partial charge on any atom is -0.369 e. The van der Waals surface area contributed by atoms with Crippen molar-refractivity contribution in [1.82, 2.24) is 19.8 Å². The van der Waals surface area contributed by atoms with Gasteiger partial charge in [-0.1, -0.05) is 12.1 Å². The number of hydrogen-bond acceptors (Lipinski definition) is 3. The molecule has 3 N–H and O–H groups in total. The number of amides is 2. The molecule has 6 nitrogen and oxygen atoms in total. The zero-order valence-corrected chi connectivity index (χ0v) is 10.6. The van der Waals surface area contributed by atoms with Gasteiger partial charge >= 0.3 is 6.03 Å². The molecular formula is C12H17N5O. The number of nitrogen functional groups attached to an aromatic ring is 1. The quantitative estimate of drug-likeness (QED) is 0.845. The van der Waals surface area contributed by atoms with Crippen molar-refractivity contribution < 1.29 is 4.79 Å². The van der Waals surface area contributed by atoms with Gasteiger partial charge in [0, 0.05) is 27.2 Å². The highest BCUT2D eigenvalue weighted by atomic mass is 16.2. The fraction of sp³-hybridized carbons (Fsp3) is 0.333. The molecular weight excluding hydrogens is 230 g/mol. The Labute approximate surface area is 105 Å². The van der Waals surface area contributed by atoms with Crippen LogP contribution in [0.15, 0.2) is 24.3 Å². The molecule has 0 spiro atoms. The topological polar surface area (TPSA) is 76.2 Å². The molecule has 2 aromatic rings. The number of nitrogens with two attached hydrogens (primary N) is 1. The van der Waals surface area contributed by atoms with E-state index in [0.717, 1.165) is 11.0 Å². The second-order valence-electron chi connectivity index (χ2n) is 4.24. The second-order valence-corrected chi connectivity index (χ2v) is 4.24. The van der Waals surface area contributed by atoms with Crippen LogP contribution in [-0.4, -0.2) is 41.1 Å². The number of para-hydroxylation sites is 2. The third kappa shape index (κ3) is 2.37. The van der Waals surface area contributed by atoms with Crippen LogP contribution >= 0.6 is 0 Å². The van der Waals surface area contributed by atoms with E-state index in [0.29, 0.717) is 19.0 Å². The number of rotatable bonds is 3. The van der Waals surface area contributed by atoms with E-state index in [1.807, 2.05) is 28.8 Å². The third-order valence-corrected chi connectivity index (χ3v) is 2.70. The predicted octanol–water partition coefficient (Wildman–Crippen LogP) is 0.890. The molecule has 1 heterocycles. The standard InChI is InChI=1S/C12H17N5O/c1-16(2)12(18)14-7-8-17-10-6-4-3-5-9(10)15-11(17)13/h3-6H,7-8H2,1-2H3,(H2,13,15)(H,14,18). The average Bonchev–Trinajstić information content (AvgIpc) is 2.65. The summed E-state index contributed by atoms with van der Waals surface area (Å²) < 4.78 is 1.89.